The summed E-state index contributed by atoms with van der Waals surface area (Å²) in [7, 11) is 1.80. The lowest BCUT2D eigenvalue weighted by atomic mass is 10.0. The van der Waals surface area contributed by atoms with Gasteiger partial charge in [0.25, 0.3) is 0 Å². The van der Waals surface area contributed by atoms with Crippen LogP contribution in [0.2, 0.25) is 12.1 Å². The van der Waals surface area contributed by atoms with Gasteiger partial charge in [-0.05, 0) is 30.4 Å². The quantitative estimate of drug-likeness (QED) is 0.666. The smallest absolute Gasteiger partial charge is 0.337 e. The summed E-state index contributed by atoms with van der Waals surface area (Å²) in [4.78, 5) is 0. The van der Waals surface area contributed by atoms with Gasteiger partial charge in [0.15, 0.2) is 0 Å². The molecular weight excluding hydrogens is 196 g/mol. The number of rotatable bonds is 3. The van der Waals surface area contributed by atoms with E-state index in [1.54, 1.807) is 14.2 Å². The maximum Gasteiger partial charge on any atom is 0.337 e. The first kappa shape index (κ1) is 13.4. The molecule has 0 aromatic heterocycles. The SMILES string of the molecule is CO[Si](C)(OC)C1CCCCC1.[SiH4]. The summed E-state index contributed by atoms with van der Waals surface area (Å²) >= 11 is 0. The van der Waals surface area contributed by atoms with Crippen LogP contribution in [0.15, 0.2) is 0 Å². The Balaban J connectivity index is 0.00000144. The Labute approximate surface area is 87.3 Å². The fourth-order valence-electron chi connectivity index (χ4n) is 2.04. The van der Waals surface area contributed by atoms with Gasteiger partial charge in [0, 0.05) is 19.8 Å². The molecule has 1 saturated carbocycles. The first-order valence-electron chi connectivity index (χ1n) is 4.83. The van der Waals surface area contributed by atoms with E-state index in [1.165, 1.54) is 32.1 Å². The molecule has 2 nitrogen and oxygen atoms in total. The van der Waals surface area contributed by atoms with Gasteiger partial charge in [-0.25, -0.2) is 0 Å². The Morgan fingerprint density at radius 3 is 1.85 bits per heavy atom. The van der Waals surface area contributed by atoms with Crippen LogP contribution in [0.3, 0.4) is 0 Å². The van der Waals surface area contributed by atoms with Gasteiger partial charge in [-0.3, -0.25) is 0 Å². The maximum atomic E-state index is 5.54. The highest BCUT2D eigenvalue weighted by Gasteiger charge is 2.39. The minimum atomic E-state index is -1.80. The normalized spacial score (nSPS) is 19.6. The average molecular weight is 220 g/mol. The lowest BCUT2D eigenvalue weighted by Gasteiger charge is -2.34. The Bertz CT molecular complexity index is 132. The van der Waals surface area contributed by atoms with Crippen molar-refractivity contribution >= 4 is 19.5 Å². The molecule has 0 aliphatic heterocycles. The topological polar surface area (TPSA) is 18.5 Å². The Morgan fingerprint density at radius 1 is 1.00 bits per heavy atom. The van der Waals surface area contributed by atoms with Crippen molar-refractivity contribution in [3.8, 4) is 0 Å². The third-order valence-corrected chi connectivity index (χ3v) is 6.84. The molecular formula is C9H24O2Si2. The summed E-state index contributed by atoms with van der Waals surface area (Å²) in [6, 6.07) is 0. The van der Waals surface area contributed by atoms with Gasteiger partial charge < -0.3 is 8.85 Å². The van der Waals surface area contributed by atoms with Crippen LogP contribution in [0.1, 0.15) is 32.1 Å². The van der Waals surface area contributed by atoms with E-state index in [0.717, 1.165) is 5.54 Å². The zero-order chi connectivity index (χ0) is 9.03. The van der Waals surface area contributed by atoms with Crippen molar-refractivity contribution in [1.82, 2.24) is 0 Å². The Morgan fingerprint density at radius 2 is 1.46 bits per heavy atom. The summed E-state index contributed by atoms with van der Waals surface area (Å²) in [5.41, 5.74) is 0.723. The molecule has 0 atom stereocenters. The fourth-order valence-corrected chi connectivity index (χ4v) is 4.33. The first-order valence-corrected chi connectivity index (χ1v) is 7.22. The molecule has 0 saturated heterocycles. The van der Waals surface area contributed by atoms with Crippen LogP contribution in [0, 0.1) is 0 Å². The third kappa shape index (κ3) is 3.20. The lowest BCUT2D eigenvalue weighted by molar-refractivity contribution is 0.224. The molecule has 0 aromatic carbocycles. The molecule has 0 radical (unpaired) electrons. The first-order chi connectivity index (χ1) is 5.73. The minimum absolute atomic E-state index is 0. The van der Waals surface area contributed by atoms with Gasteiger partial charge >= 0.3 is 8.56 Å². The highest BCUT2D eigenvalue weighted by Crippen LogP contribution is 2.37. The van der Waals surface area contributed by atoms with Gasteiger partial charge in [-0.1, -0.05) is 19.3 Å². The molecule has 0 spiro atoms. The van der Waals surface area contributed by atoms with Gasteiger partial charge in [0.1, 0.15) is 0 Å². The van der Waals surface area contributed by atoms with E-state index in [1.807, 2.05) is 0 Å². The molecule has 80 valence electrons. The van der Waals surface area contributed by atoms with Crippen LogP contribution >= 0.6 is 0 Å². The van der Waals surface area contributed by atoms with Crippen molar-refractivity contribution in [2.75, 3.05) is 14.2 Å². The molecule has 0 heterocycles. The highest BCUT2D eigenvalue weighted by molar-refractivity contribution is 6.67. The van der Waals surface area contributed by atoms with Crippen molar-refractivity contribution in [3.05, 3.63) is 0 Å². The molecule has 1 rings (SSSR count). The van der Waals surface area contributed by atoms with Crippen LogP contribution in [0.4, 0.5) is 0 Å². The van der Waals surface area contributed by atoms with Crippen molar-refractivity contribution in [3.63, 3.8) is 0 Å². The van der Waals surface area contributed by atoms with E-state index >= 15 is 0 Å². The number of hydrogen-bond acceptors (Lipinski definition) is 2. The van der Waals surface area contributed by atoms with Crippen molar-refractivity contribution < 1.29 is 8.85 Å². The molecule has 1 aliphatic rings. The van der Waals surface area contributed by atoms with Crippen LogP contribution in [0.25, 0.3) is 0 Å². The number of hydrogen-bond donors (Lipinski definition) is 0. The summed E-state index contributed by atoms with van der Waals surface area (Å²) in [6.45, 7) is 2.18. The molecule has 0 N–H and O–H groups in total. The van der Waals surface area contributed by atoms with E-state index in [2.05, 4.69) is 6.55 Å². The Hall–Kier alpha value is 0.354. The fraction of sp³-hybridized carbons (Fsp3) is 1.00. The van der Waals surface area contributed by atoms with Gasteiger partial charge in [-0.2, -0.15) is 0 Å². The van der Waals surface area contributed by atoms with E-state index in [0.29, 0.717) is 0 Å². The zero-order valence-corrected chi connectivity index (χ0v) is 9.43. The van der Waals surface area contributed by atoms with Gasteiger partial charge in [-0.15, -0.1) is 0 Å². The van der Waals surface area contributed by atoms with Gasteiger partial charge in [0.05, 0.1) is 0 Å². The van der Waals surface area contributed by atoms with Crippen molar-refractivity contribution in [2.24, 2.45) is 0 Å². The van der Waals surface area contributed by atoms with E-state index in [-0.39, 0.29) is 11.0 Å². The lowest BCUT2D eigenvalue weighted by Crippen LogP contribution is -2.42. The predicted octanol–water partition coefficient (Wildman–Crippen LogP) is 1.23. The zero-order valence-electron chi connectivity index (χ0n) is 8.43. The van der Waals surface area contributed by atoms with E-state index in [4.69, 9.17) is 8.85 Å². The van der Waals surface area contributed by atoms with Crippen LogP contribution in [-0.2, 0) is 8.85 Å². The summed E-state index contributed by atoms with van der Waals surface area (Å²) in [5.74, 6) is 0. The minimum Gasteiger partial charge on any atom is -0.398 e. The molecule has 4 heteroatoms. The van der Waals surface area contributed by atoms with Crippen LogP contribution in [0.5, 0.6) is 0 Å². The average Bonchev–Trinajstić information content (AvgIpc) is 2.18. The second-order valence-electron chi connectivity index (χ2n) is 3.76. The predicted molar refractivity (Wildman–Crippen MR) is 63.8 cm³/mol. The second-order valence-corrected chi connectivity index (χ2v) is 7.42. The summed E-state index contributed by atoms with van der Waals surface area (Å²) < 4.78 is 11.1. The molecule has 13 heavy (non-hydrogen) atoms. The van der Waals surface area contributed by atoms with Crippen LogP contribution in [-0.4, -0.2) is 33.7 Å². The highest BCUT2D eigenvalue weighted by atomic mass is 28.4. The second kappa shape index (κ2) is 5.95. The maximum absolute atomic E-state index is 5.54. The molecule has 0 unspecified atom stereocenters. The van der Waals surface area contributed by atoms with Crippen LogP contribution < -0.4 is 0 Å². The van der Waals surface area contributed by atoms with E-state index in [9.17, 15) is 0 Å². The van der Waals surface area contributed by atoms with E-state index < -0.39 is 8.56 Å². The molecule has 0 amide bonds. The van der Waals surface area contributed by atoms with Crippen molar-refractivity contribution in [2.45, 2.75) is 44.2 Å². The largest absolute Gasteiger partial charge is 0.398 e. The third-order valence-electron chi connectivity index (χ3n) is 3.16. The van der Waals surface area contributed by atoms with Crippen molar-refractivity contribution in [1.29, 1.82) is 0 Å². The summed E-state index contributed by atoms with van der Waals surface area (Å²) in [6.07, 6.45) is 6.74. The Kier molecular flexibility index (Phi) is 6.12. The molecule has 1 aliphatic carbocycles. The van der Waals surface area contributed by atoms with Gasteiger partial charge in [0.2, 0.25) is 0 Å². The molecule has 0 bridgehead atoms. The standard InChI is InChI=1S/C9H20O2Si.H4Si/c1-10-12(3,11-2)9-7-5-4-6-8-9;/h9H,4-8H2,1-3H3;1H4. The summed E-state index contributed by atoms with van der Waals surface area (Å²) in [5, 5.41) is 0. The monoisotopic (exact) mass is 220 g/mol. The molecule has 1 fully saturated rings. The molecule has 0 aromatic rings.